The first-order chi connectivity index (χ1) is 11.3. The quantitative estimate of drug-likeness (QED) is 0.497. The summed E-state index contributed by atoms with van der Waals surface area (Å²) < 4.78 is 0.854. The van der Waals surface area contributed by atoms with Crippen molar-refractivity contribution in [1.29, 1.82) is 0 Å². The second-order valence-electron chi connectivity index (χ2n) is 4.51. The summed E-state index contributed by atoms with van der Waals surface area (Å²) >= 11 is 4.49. The maximum Gasteiger partial charge on any atom is 0.326 e. The summed E-state index contributed by atoms with van der Waals surface area (Å²) in [7, 11) is 0. The fourth-order valence-corrected chi connectivity index (χ4v) is 4.23. The zero-order valence-electron chi connectivity index (χ0n) is 12.1. The van der Waals surface area contributed by atoms with Crippen LogP contribution in [0.1, 0.15) is 5.56 Å². The molecule has 5 nitrogen and oxygen atoms in total. The number of thiophene rings is 1. The summed E-state index contributed by atoms with van der Waals surface area (Å²) in [6, 6.07) is 13.7. The minimum Gasteiger partial charge on any atom is -0.299 e. The van der Waals surface area contributed by atoms with Crippen LogP contribution in [0.15, 0.2) is 52.2 Å². The van der Waals surface area contributed by atoms with Gasteiger partial charge in [-0.25, -0.2) is 4.79 Å². The van der Waals surface area contributed by atoms with Crippen LogP contribution in [0.25, 0.3) is 0 Å². The molecule has 2 aromatic heterocycles. The Bertz CT molecular complexity index is 743. The first-order valence-corrected chi connectivity index (χ1v) is 9.59. The van der Waals surface area contributed by atoms with Crippen molar-refractivity contribution in [3.63, 3.8) is 0 Å². The third kappa shape index (κ3) is 5.05. The number of aryl methyl sites for hydroxylation is 1. The average Bonchev–Trinajstić information content (AvgIpc) is 3.20. The molecule has 3 rings (SSSR count). The molecule has 0 fully saturated rings. The predicted octanol–water partition coefficient (Wildman–Crippen LogP) is 4.58. The van der Waals surface area contributed by atoms with Crippen LogP contribution >= 0.6 is 34.4 Å². The van der Waals surface area contributed by atoms with Gasteiger partial charge in [0.1, 0.15) is 0 Å². The van der Waals surface area contributed by atoms with E-state index in [1.165, 1.54) is 28.2 Å². The van der Waals surface area contributed by atoms with Gasteiger partial charge in [0.2, 0.25) is 5.13 Å². The fourth-order valence-electron chi connectivity index (χ4n) is 1.81. The van der Waals surface area contributed by atoms with Crippen molar-refractivity contribution in [3.8, 4) is 0 Å². The molecule has 0 atom stereocenters. The number of rotatable bonds is 6. The van der Waals surface area contributed by atoms with Crippen molar-refractivity contribution in [2.45, 2.75) is 10.8 Å². The molecule has 23 heavy (non-hydrogen) atoms. The highest BCUT2D eigenvalue weighted by molar-refractivity contribution is 8.01. The van der Waals surface area contributed by atoms with E-state index in [4.69, 9.17) is 0 Å². The summed E-state index contributed by atoms with van der Waals surface area (Å²) in [5, 5.41) is 16.7. The SMILES string of the molecule is O=C(Nc1cccs1)Nc1nnc(SCCc2ccccc2)s1. The molecule has 8 heteroatoms. The first kappa shape index (κ1) is 16.0. The number of aromatic nitrogens is 2. The number of benzene rings is 1. The van der Waals surface area contributed by atoms with Gasteiger partial charge in [0.15, 0.2) is 4.34 Å². The first-order valence-electron chi connectivity index (χ1n) is 6.91. The fraction of sp³-hybridized carbons (Fsp3) is 0.133. The minimum atomic E-state index is -0.301. The Balaban J connectivity index is 1.45. The summed E-state index contributed by atoms with van der Waals surface area (Å²) in [5.41, 5.74) is 1.30. The van der Waals surface area contributed by atoms with Gasteiger partial charge in [-0.15, -0.1) is 21.5 Å². The van der Waals surface area contributed by atoms with Crippen LogP contribution in [0.3, 0.4) is 0 Å². The van der Waals surface area contributed by atoms with Crippen molar-refractivity contribution in [2.24, 2.45) is 0 Å². The lowest BCUT2D eigenvalue weighted by molar-refractivity contribution is 0.262. The van der Waals surface area contributed by atoms with Gasteiger partial charge in [-0.3, -0.25) is 10.6 Å². The number of hydrogen-bond donors (Lipinski definition) is 2. The van der Waals surface area contributed by atoms with Crippen LogP contribution < -0.4 is 10.6 Å². The van der Waals surface area contributed by atoms with E-state index in [2.05, 4.69) is 33.0 Å². The Morgan fingerprint density at radius 3 is 2.74 bits per heavy atom. The lowest BCUT2D eigenvalue weighted by atomic mass is 10.2. The molecule has 3 aromatic rings. The molecule has 0 aliphatic carbocycles. The van der Waals surface area contributed by atoms with E-state index in [-0.39, 0.29) is 6.03 Å². The van der Waals surface area contributed by atoms with E-state index in [9.17, 15) is 4.79 Å². The van der Waals surface area contributed by atoms with Gasteiger partial charge in [0.25, 0.3) is 0 Å². The molecule has 0 bridgehead atoms. The molecule has 2 N–H and O–H groups in total. The molecule has 1 aromatic carbocycles. The van der Waals surface area contributed by atoms with Gasteiger partial charge in [-0.1, -0.05) is 53.4 Å². The second-order valence-corrected chi connectivity index (χ2v) is 7.78. The van der Waals surface area contributed by atoms with Crippen molar-refractivity contribution < 1.29 is 4.79 Å². The predicted molar refractivity (Wildman–Crippen MR) is 97.7 cm³/mol. The van der Waals surface area contributed by atoms with E-state index < -0.39 is 0 Å². The lowest BCUT2D eigenvalue weighted by Crippen LogP contribution is -2.18. The van der Waals surface area contributed by atoms with Gasteiger partial charge >= 0.3 is 6.03 Å². The van der Waals surface area contributed by atoms with Crippen molar-refractivity contribution in [1.82, 2.24) is 10.2 Å². The molecule has 0 spiro atoms. The highest BCUT2D eigenvalue weighted by Crippen LogP contribution is 2.26. The zero-order valence-corrected chi connectivity index (χ0v) is 14.5. The maximum absolute atomic E-state index is 11.8. The van der Waals surface area contributed by atoms with Crippen molar-refractivity contribution >= 4 is 50.6 Å². The number of hydrogen-bond acceptors (Lipinski definition) is 6. The van der Waals surface area contributed by atoms with Crippen molar-refractivity contribution in [3.05, 3.63) is 53.4 Å². The highest BCUT2D eigenvalue weighted by atomic mass is 32.2. The number of anilines is 2. The Hall–Kier alpha value is -1.90. The Morgan fingerprint density at radius 2 is 1.96 bits per heavy atom. The number of urea groups is 1. The topological polar surface area (TPSA) is 66.9 Å². The molecular formula is C15H14N4OS3. The van der Waals surface area contributed by atoms with E-state index >= 15 is 0 Å². The van der Waals surface area contributed by atoms with Crippen LogP contribution in [0, 0.1) is 0 Å². The Kier molecular flexibility index (Phi) is 5.62. The third-order valence-corrected chi connectivity index (χ3v) is 5.60. The summed E-state index contributed by atoms with van der Waals surface area (Å²) in [6.45, 7) is 0. The molecular weight excluding hydrogens is 348 g/mol. The summed E-state index contributed by atoms with van der Waals surface area (Å²) in [6.07, 6.45) is 0.979. The van der Waals surface area contributed by atoms with E-state index in [1.54, 1.807) is 11.8 Å². The highest BCUT2D eigenvalue weighted by Gasteiger charge is 2.09. The third-order valence-electron chi connectivity index (χ3n) is 2.84. The molecule has 0 saturated heterocycles. The number of thioether (sulfide) groups is 1. The molecule has 0 radical (unpaired) electrons. The largest absolute Gasteiger partial charge is 0.326 e. The maximum atomic E-state index is 11.8. The standard InChI is InChI=1S/C15H14N4OS3/c20-13(16-12-7-4-9-21-12)17-14-18-19-15(23-14)22-10-8-11-5-2-1-3-6-11/h1-7,9H,8,10H2,(H2,16,17,18,20). The molecule has 2 amide bonds. The van der Waals surface area contributed by atoms with Gasteiger partial charge < -0.3 is 0 Å². The summed E-state index contributed by atoms with van der Waals surface area (Å²) in [4.78, 5) is 11.8. The number of carbonyl (C=O) groups is 1. The van der Waals surface area contributed by atoms with Crippen LogP contribution in [0.4, 0.5) is 14.9 Å². The van der Waals surface area contributed by atoms with Crippen LogP contribution in [0.5, 0.6) is 0 Å². The molecule has 0 unspecified atom stereocenters. The van der Waals surface area contributed by atoms with Crippen LogP contribution in [-0.4, -0.2) is 22.0 Å². The van der Waals surface area contributed by atoms with Crippen LogP contribution in [-0.2, 0) is 6.42 Å². The van der Waals surface area contributed by atoms with E-state index in [0.717, 1.165) is 21.5 Å². The second kappa shape index (κ2) is 8.09. The smallest absolute Gasteiger partial charge is 0.299 e. The number of nitrogens with one attached hydrogen (secondary N) is 2. The lowest BCUT2D eigenvalue weighted by Gasteiger charge is -2.01. The minimum absolute atomic E-state index is 0.301. The van der Waals surface area contributed by atoms with Crippen LogP contribution in [0.2, 0.25) is 0 Å². The van der Waals surface area contributed by atoms with E-state index in [0.29, 0.717) is 5.13 Å². The van der Waals surface area contributed by atoms with Gasteiger partial charge in [0.05, 0.1) is 5.00 Å². The molecule has 118 valence electrons. The van der Waals surface area contributed by atoms with Gasteiger partial charge in [-0.05, 0) is 29.5 Å². The molecule has 0 saturated carbocycles. The monoisotopic (exact) mass is 362 g/mol. The zero-order chi connectivity index (χ0) is 15.9. The molecule has 0 aliphatic heterocycles. The average molecular weight is 363 g/mol. The molecule has 2 heterocycles. The van der Waals surface area contributed by atoms with E-state index in [1.807, 2.05) is 35.7 Å². The Morgan fingerprint density at radius 1 is 1.09 bits per heavy atom. The Labute approximate surface area is 146 Å². The number of amides is 2. The molecule has 0 aliphatic rings. The van der Waals surface area contributed by atoms with Crippen molar-refractivity contribution in [2.75, 3.05) is 16.4 Å². The normalized spacial score (nSPS) is 10.4. The van der Waals surface area contributed by atoms with Gasteiger partial charge in [-0.2, -0.15) is 0 Å². The number of carbonyl (C=O) groups excluding carboxylic acids is 1. The number of nitrogens with zero attached hydrogens (tertiary/aromatic N) is 2. The summed E-state index contributed by atoms with van der Waals surface area (Å²) in [5.74, 6) is 0.931. The van der Waals surface area contributed by atoms with Gasteiger partial charge in [0, 0.05) is 5.75 Å².